The summed E-state index contributed by atoms with van der Waals surface area (Å²) in [7, 11) is 0. The molecule has 2 aliphatic heterocycles. The number of cyclic esters (lactones) is 2. The van der Waals surface area contributed by atoms with E-state index in [9.17, 15) is 9.59 Å². The number of carbonyl (C=O) groups is 2. The number of rotatable bonds is 1. The molecule has 0 aromatic heterocycles. The molecular formula is C16H14O4. The fraction of sp³-hybridized carbons (Fsp3) is 0.375. The molecule has 4 atom stereocenters. The van der Waals surface area contributed by atoms with Crippen molar-refractivity contribution in [3.63, 3.8) is 0 Å². The summed E-state index contributed by atoms with van der Waals surface area (Å²) in [5.41, 5.74) is 2.22. The summed E-state index contributed by atoms with van der Waals surface area (Å²) in [5, 5.41) is 0. The zero-order valence-corrected chi connectivity index (χ0v) is 10.8. The van der Waals surface area contributed by atoms with E-state index in [0.717, 1.165) is 11.1 Å². The number of ether oxygens (including phenoxy) is 2. The molecule has 2 heterocycles. The van der Waals surface area contributed by atoms with Gasteiger partial charge < -0.3 is 9.47 Å². The fourth-order valence-corrected chi connectivity index (χ4v) is 3.58. The van der Waals surface area contributed by atoms with Gasteiger partial charge in [-0.3, -0.25) is 9.59 Å². The fourth-order valence-electron chi connectivity index (χ4n) is 3.58. The highest BCUT2D eigenvalue weighted by Gasteiger charge is 2.54. The maximum absolute atomic E-state index is 11.9. The van der Waals surface area contributed by atoms with E-state index in [1.807, 2.05) is 30.3 Å². The largest absolute Gasteiger partial charge is 0.393 e. The van der Waals surface area contributed by atoms with Gasteiger partial charge in [0.05, 0.1) is 18.4 Å². The second-order valence-electron chi connectivity index (χ2n) is 5.54. The number of hydrogen-bond donors (Lipinski definition) is 0. The smallest absolute Gasteiger partial charge is 0.318 e. The van der Waals surface area contributed by atoms with Crippen LogP contribution >= 0.6 is 0 Å². The van der Waals surface area contributed by atoms with E-state index < -0.39 is 0 Å². The Hall–Kier alpha value is -1.94. The van der Waals surface area contributed by atoms with Gasteiger partial charge in [-0.1, -0.05) is 36.4 Å². The molecule has 4 nitrogen and oxygen atoms in total. The average molecular weight is 270 g/mol. The van der Waals surface area contributed by atoms with Crippen LogP contribution in [0.3, 0.4) is 0 Å². The molecule has 0 amide bonds. The summed E-state index contributed by atoms with van der Waals surface area (Å²) < 4.78 is 10.7. The second-order valence-corrected chi connectivity index (χ2v) is 5.54. The predicted octanol–water partition coefficient (Wildman–Crippen LogP) is 2.02. The molecule has 0 spiro atoms. The van der Waals surface area contributed by atoms with Crippen LogP contribution in [0.1, 0.15) is 18.1 Å². The first kappa shape index (κ1) is 11.9. The van der Waals surface area contributed by atoms with Gasteiger partial charge in [-0.25, -0.2) is 0 Å². The first-order valence-corrected chi connectivity index (χ1v) is 6.88. The van der Waals surface area contributed by atoms with Crippen LogP contribution in [0.2, 0.25) is 0 Å². The molecule has 4 rings (SSSR count). The minimum Gasteiger partial charge on any atom is -0.393 e. The van der Waals surface area contributed by atoms with Crippen molar-refractivity contribution < 1.29 is 19.1 Å². The van der Waals surface area contributed by atoms with Gasteiger partial charge in [0.1, 0.15) is 6.10 Å². The van der Waals surface area contributed by atoms with E-state index in [-0.39, 0.29) is 35.8 Å². The van der Waals surface area contributed by atoms with Gasteiger partial charge in [0, 0.05) is 5.92 Å². The molecule has 0 saturated carbocycles. The Bertz CT molecular complexity index is 604. The first-order valence-electron chi connectivity index (χ1n) is 6.88. The highest BCUT2D eigenvalue weighted by molar-refractivity contribution is 5.97. The Morgan fingerprint density at radius 2 is 1.80 bits per heavy atom. The zero-order valence-electron chi connectivity index (χ0n) is 10.8. The van der Waals surface area contributed by atoms with Crippen LogP contribution in [-0.4, -0.2) is 18.5 Å². The van der Waals surface area contributed by atoms with Crippen LogP contribution in [0.15, 0.2) is 42.0 Å². The van der Waals surface area contributed by atoms with Crippen LogP contribution in [0.5, 0.6) is 0 Å². The molecule has 1 aromatic rings. The van der Waals surface area contributed by atoms with Crippen LogP contribution in [0.4, 0.5) is 0 Å². The molecule has 102 valence electrons. The molecule has 1 aromatic carbocycles. The summed E-state index contributed by atoms with van der Waals surface area (Å²) in [5.74, 6) is -1.44. The molecule has 2 saturated heterocycles. The Morgan fingerprint density at radius 1 is 1.00 bits per heavy atom. The summed E-state index contributed by atoms with van der Waals surface area (Å²) in [6.07, 6.45) is 2.55. The van der Waals surface area contributed by atoms with Gasteiger partial charge >= 0.3 is 11.9 Å². The highest BCUT2D eigenvalue weighted by atomic mass is 16.6. The van der Waals surface area contributed by atoms with Gasteiger partial charge in [-0.2, -0.15) is 0 Å². The van der Waals surface area contributed by atoms with E-state index in [1.165, 1.54) is 0 Å². The van der Waals surface area contributed by atoms with Gasteiger partial charge in [-0.15, -0.1) is 0 Å². The minimum atomic E-state index is -0.382. The Balaban J connectivity index is 1.70. The number of fused-ring (bicyclic) bond motifs is 3. The van der Waals surface area contributed by atoms with Crippen LogP contribution < -0.4 is 0 Å². The van der Waals surface area contributed by atoms with E-state index in [2.05, 4.69) is 6.08 Å². The Kier molecular flexibility index (Phi) is 2.54. The van der Waals surface area contributed by atoms with Gasteiger partial charge in [0.15, 0.2) is 0 Å². The van der Waals surface area contributed by atoms with Gasteiger partial charge in [-0.05, 0) is 17.6 Å². The van der Waals surface area contributed by atoms with Crippen LogP contribution in [0.25, 0.3) is 0 Å². The molecule has 1 aliphatic carbocycles. The van der Waals surface area contributed by atoms with E-state index in [0.29, 0.717) is 13.0 Å². The topological polar surface area (TPSA) is 52.6 Å². The van der Waals surface area contributed by atoms with Gasteiger partial charge in [0.2, 0.25) is 0 Å². The van der Waals surface area contributed by atoms with Gasteiger partial charge in [0.25, 0.3) is 0 Å². The Morgan fingerprint density at radius 3 is 2.60 bits per heavy atom. The van der Waals surface area contributed by atoms with E-state index >= 15 is 0 Å². The maximum Gasteiger partial charge on any atom is 0.318 e. The first-order chi connectivity index (χ1) is 9.75. The number of esters is 2. The lowest BCUT2D eigenvalue weighted by Crippen LogP contribution is -2.30. The van der Waals surface area contributed by atoms with Crippen molar-refractivity contribution in [2.24, 2.45) is 17.8 Å². The van der Waals surface area contributed by atoms with Crippen molar-refractivity contribution in [3.8, 4) is 0 Å². The summed E-state index contributed by atoms with van der Waals surface area (Å²) >= 11 is 0. The van der Waals surface area contributed by atoms with Crippen molar-refractivity contribution in [3.05, 3.63) is 47.5 Å². The van der Waals surface area contributed by atoms with E-state index in [4.69, 9.17) is 9.47 Å². The lowest BCUT2D eigenvalue weighted by molar-refractivity contribution is -0.154. The SMILES string of the molecule is O=C1OC(=O)[C@@H]2CC=C3[C@@H](c4ccccc4)OC[C@@H]3[C@H]12. The second kappa shape index (κ2) is 4.28. The number of allylic oxidation sites excluding steroid dienone is 1. The molecule has 0 N–H and O–H groups in total. The number of benzene rings is 1. The number of hydrogen-bond acceptors (Lipinski definition) is 4. The minimum absolute atomic E-state index is 0.0158. The monoisotopic (exact) mass is 270 g/mol. The van der Waals surface area contributed by atoms with Crippen molar-refractivity contribution >= 4 is 11.9 Å². The molecule has 0 unspecified atom stereocenters. The van der Waals surface area contributed by atoms with Crippen molar-refractivity contribution in [2.45, 2.75) is 12.5 Å². The molecule has 20 heavy (non-hydrogen) atoms. The van der Waals surface area contributed by atoms with Crippen LogP contribution in [0, 0.1) is 17.8 Å². The lowest BCUT2D eigenvalue weighted by atomic mass is 9.72. The van der Waals surface area contributed by atoms with Crippen molar-refractivity contribution in [1.82, 2.24) is 0 Å². The highest BCUT2D eigenvalue weighted by Crippen LogP contribution is 2.49. The van der Waals surface area contributed by atoms with E-state index in [1.54, 1.807) is 0 Å². The maximum atomic E-state index is 11.9. The number of carbonyl (C=O) groups excluding carboxylic acids is 2. The Labute approximate surface area is 116 Å². The van der Waals surface area contributed by atoms with Crippen molar-refractivity contribution in [1.29, 1.82) is 0 Å². The van der Waals surface area contributed by atoms with Crippen LogP contribution in [-0.2, 0) is 19.1 Å². The lowest BCUT2D eigenvalue weighted by Gasteiger charge is -2.25. The molecular weight excluding hydrogens is 256 g/mol. The summed E-state index contributed by atoms with van der Waals surface area (Å²) in [6.45, 7) is 0.481. The third-order valence-corrected chi connectivity index (χ3v) is 4.53. The standard InChI is InChI=1S/C16H14O4/c17-15-11-7-6-10-12(13(11)16(18)20-15)8-19-14(10)9-4-2-1-3-5-9/h1-6,11-14H,7-8H2/t11-,12+,13-,14-/m1/s1. The summed E-state index contributed by atoms with van der Waals surface area (Å²) in [4.78, 5) is 23.5. The molecule has 3 aliphatic rings. The quantitative estimate of drug-likeness (QED) is 0.445. The van der Waals surface area contributed by atoms with Crippen molar-refractivity contribution in [2.75, 3.05) is 6.61 Å². The molecule has 0 bridgehead atoms. The summed E-state index contributed by atoms with van der Waals surface area (Å²) in [6, 6.07) is 9.97. The third kappa shape index (κ3) is 1.58. The molecule has 2 fully saturated rings. The third-order valence-electron chi connectivity index (χ3n) is 4.53. The molecule has 4 heteroatoms. The predicted molar refractivity (Wildman–Crippen MR) is 69.4 cm³/mol. The zero-order chi connectivity index (χ0) is 13.7. The normalized spacial score (nSPS) is 35.3. The molecule has 0 radical (unpaired) electrons. The average Bonchev–Trinajstić information content (AvgIpc) is 3.01.